The van der Waals surface area contributed by atoms with Crippen LogP contribution in [0, 0.1) is 0 Å². The van der Waals surface area contributed by atoms with Crippen LogP contribution >= 0.6 is 24.0 Å². The predicted octanol–water partition coefficient (Wildman–Crippen LogP) is 3.62. The lowest BCUT2D eigenvalue weighted by atomic mass is 10.2. The topological polar surface area (TPSA) is 78.9 Å². The van der Waals surface area contributed by atoms with Crippen LogP contribution in [0.5, 0.6) is 5.75 Å². The summed E-state index contributed by atoms with van der Waals surface area (Å²) in [6, 6.07) is 11.4. The maximum Gasteiger partial charge on any atom is 0.261 e. The molecule has 1 aromatic carbocycles. The average molecular weight is 385 g/mol. The minimum absolute atomic E-state index is 0.372. The third-order valence-electron chi connectivity index (χ3n) is 3.92. The molecule has 0 aliphatic rings. The standard InChI is InChI=1S/C17H15N5O2S2/c1-22-15(12-8-5-9-26-12)19-20-16(22)13(25)14-18-17(24-21-14)10-6-3-4-7-11(10)23-2/h3-9,13,25H,1-2H3. The van der Waals surface area contributed by atoms with Gasteiger partial charge < -0.3 is 13.8 Å². The Morgan fingerprint density at radius 1 is 1.19 bits per heavy atom. The van der Waals surface area contributed by atoms with Gasteiger partial charge in [0, 0.05) is 7.05 Å². The highest BCUT2D eigenvalue weighted by molar-refractivity contribution is 7.80. The van der Waals surface area contributed by atoms with Crippen molar-refractivity contribution in [1.82, 2.24) is 24.9 Å². The molecule has 132 valence electrons. The second-order valence-electron chi connectivity index (χ2n) is 5.48. The van der Waals surface area contributed by atoms with E-state index in [0.717, 1.165) is 16.3 Å². The van der Waals surface area contributed by atoms with Crippen LogP contribution in [-0.2, 0) is 7.05 Å². The first-order chi connectivity index (χ1) is 12.7. The van der Waals surface area contributed by atoms with E-state index in [-0.39, 0.29) is 0 Å². The number of ether oxygens (including phenoxy) is 1. The summed E-state index contributed by atoms with van der Waals surface area (Å²) in [5.41, 5.74) is 0.728. The van der Waals surface area contributed by atoms with Gasteiger partial charge in [-0.15, -0.1) is 21.5 Å². The normalized spacial score (nSPS) is 12.3. The Kier molecular flexibility index (Phi) is 4.48. The van der Waals surface area contributed by atoms with Crippen molar-refractivity contribution in [3.05, 3.63) is 53.4 Å². The minimum Gasteiger partial charge on any atom is -0.496 e. The molecule has 0 aliphatic carbocycles. The Morgan fingerprint density at radius 2 is 2.04 bits per heavy atom. The molecule has 4 aromatic rings. The molecule has 0 N–H and O–H groups in total. The van der Waals surface area contributed by atoms with E-state index in [4.69, 9.17) is 9.26 Å². The Hall–Kier alpha value is -2.65. The van der Waals surface area contributed by atoms with Crippen molar-refractivity contribution in [3.63, 3.8) is 0 Å². The summed E-state index contributed by atoms with van der Waals surface area (Å²) >= 11 is 6.23. The second kappa shape index (κ2) is 6.93. The number of para-hydroxylation sites is 1. The van der Waals surface area contributed by atoms with Gasteiger partial charge in [-0.25, -0.2) is 0 Å². The van der Waals surface area contributed by atoms with Crippen LogP contribution in [0.4, 0.5) is 0 Å². The number of hydrogen-bond acceptors (Lipinski definition) is 8. The van der Waals surface area contributed by atoms with Gasteiger partial charge in [-0.2, -0.15) is 17.6 Å². The fourth-order valence-corrected chi connectivity index (χ4v) is 3.67. The van der Waals surface area contributed by atoms with E-state index < -0.39 is 5.25 Å². The van der Waals surface area contributed by atoms with Gasteiger partial charge in [0.25, 0.3) is 5.89 Å². The van der Waals surface area contributed by atoms with Crippen LogP contribution < -0.4 is 4.74 Å². The third-order valence-corrected chi connectivity index (χ3v) is 5.25. The van der Waals surface area contributed by atoms with E-state index in [0.29, 0.717) is 23.3 Å². The maximum atomic E-state index is 5.41. The highest BCUT2D eigenvalue weighted by atomic mass is 32.1. The molecule has 1 unspecified atom stereocenters. The van der Waals surface area contributed by atoms with Gasteiger partial charge >= 0.3 is 0 Å². The number of hydrogen-bond donors (Lipinski definition) is 1. The van der Waals surface area contributed by atoms with Crippen molar-refractivity contribution in [3.8, 4) is 27.9 Å². The summed E-state index contributed by atoms with van der Waals surface area (Å²) in [5, 5.41) is 14.1. The zero-order valence-corrected chi connectivity index (χ0v) is 15.7. The van der Waals surface area contributed by atoms with Crippen LogP contribution in [0.25, 0.3) is 22.2 Å². The number of thiol groups is 1. The Balaban J connectivity index is 1.66. The van der Waals surface area contributed by atoms with Gasteiger partial charge in [-0.05, 0) is 23.6 Å². The zero-order valence-electron chi connectivity index (χ0n) is 14.0. The largest absolute Gasteiger partial charge is 0.496 e. The maximum absolute atomic E-state index is 5.41. The van der Waals surface area contributed by atoms with Gasteiger partial charge in [0.2, 0.25) is 0 Å². The van der Waals surface area contributed by atoms with Crippen LogP contribution in [0.15, 0.2) is 46.3 Å². The molecule has 0 amide bonds. The van der Waals surface area contributed by atoms with E-state index >= 15 is 0 Å². The van der Waals surface area contributed by atoms with E-state index in [9.17, 15) is 0 Å². The van der Waals surface area contributed by atoms with E-state index in [1.165, 1.54) is 0 Å². The van der Waals surface area contributed by atoms with Gasteiger partial charge in [-0.1, -0.05) is 23.4 Å². The molecule has 0 radical (unpaired) electrons. The third kappa shape index (κ3) is 2.89. The molecule has 0 aliphatic heterocycles. The predicted molar refractivity (Wildman–Crippen MR) is 101 cm³/mol. The lowest BCUT2D eigenvalue weighted by molar-refractivity contribution is 0.403. The van der Waals surface area contributed by atoms with Gasteiger partial charge in [-0.3, -0.25) is 0 Å². The van der Waals surface area contributed by atoms with Crippen molar-refractivity contribution >= 4 is 24.0 Å². The summed E-state index contributed by atoms with van der Waals surface area (Å²) in [6.07, 6.45) is 0. The molecule has 0 spiro atoms. The Morgan fingerprint density at radius 3 is 2.81 bits per heavy atom. The first kappa shape index (κ1) is 16.8. The number of thiophene rings is 1. The Labute approximate surface area is 159 Å². The number of methoxy groups -OCH3 is 1. The lowest BCUT2D eigenvalue weighted by Crippen LogP contribution is -2.05. The van der Waals surface area contributed by atoms with Gasteiger partial charge in [0.05, 0.1) is 17.6 Å². The minimum atomic E-state index is -0.464. The van der Waals surface area contributed by atoms with E-state index in [1.54, 1.807) is 18.4 Å². The summed E-state index contributed by atoms with van der Waals surface area (Å²) in [6.45, 7) is 0. The monoisotopic (exact) mass is 385 g/mol. The first-order valence-electron chi connectivity index (χ1n) is 7.77. The number of benzene rings is 1. The molecule has 0 saturated heterocycles. The highest BCUT2D eigenvalue weighted by Crippen LogP contribution is 2.32. The average Bonchev–Trinajstić information content (AvgIpc) is 3.41. The molecular weight excluding hydrogens is 370 g/mol. The lowest BCUT2D eigenvalue weighted by Gasteiger charge is -2.06. The summed E-state index contributed by atoms with van der Waals surface area (Å²) < 4.78 is 12.6. The molecular formula is C17H15N5O2S2. The molecule has 26 heavy (non-hydrogen) atoms. The van der Waals surface area contributed by atoms with Crippen LogP contribution in [0.3, 0.4) is 0 Å². The van der Waals surface area contributed by atoms with E-state index in [2.05, 4.69) is 33.0 Å². The van der Waals surface area contributed by atoms with Crippen LogP contribution in [-0.4, -0.2) is 32.0 Å². The molecule has 3 aromatic heterocycles. The van der Waals surface area contributed by atoms with Crippen LogP contribution in [0.1, 0.15) is 16.9 Å². The highest BCUT2D eigenvalue weighted by Gasteiger charge is 2.24. The van der Waals surface area contributed by atoms with Crippen molar-refractivity contribution in [2.24, 2.45) is 7.05 Å². The van der Waals surface area contributed by atoms with Crippen molar-refractivity contribution in [2.45, 2.75) is 5.25 Å². The summed E-state index contributed by atoms with van der Waals surface area (Å²) in [4.78, 5) is 5.50. The first-order valence-corrected chi connectivity index (χ1v) is 9.17. The van der Waals surface area contributed by atoms with E-state index in [1.807, 2.05) is 53.4 Å². The molecule has 9 heteroatoms. The fraction of sp³-hybridized carbons (Fsp3) is 0.176. The van der Waals surface area contributed by atoms with Crippen molar-refractivity contribution in [2.75, 3.05) is 7.11 Å². The summed E-state index contributed by atoms with van der Waals surface area (Å²) in [7, 11) is 3.50. The van der Waals surface area contributed by atoms with Crippen molar-refractivity contribution in [1.29, 1.82) is 0 Å². The number of rotatable bonds is 5. The zero-order chi connectivity index (χ0) is 18.1. The Bertz CT molecular complexity index is 1030. The quantitative estimate of drug-likeness (QED) is 0.529. The molecule has 0 fully saturated rings. The second-order valence-corrected chi connectivity index (χ2v) is 6.94. The SMILES string of the molecule is COc1ccccc1-c1nc(C(S)c2nnc(-c3cccs3)n2C)no1. The molecule has 4 rings (SSSR count). The number of nitrogens with zero attached hydrogens (tertiary/aromatic N) is 5. The number of aromatic nitrogens is 5. The molecule has 0 bridgehead atoms. The van der Waals surface area contributed by atoms with Crippen LogP contribution in [0.2, 0.25) is 0 Å². The smallest absolute Gasteiger partial charge is 0.261 e. The fourth-order valence-electron chi connectivity index (χ4n) is 2.59. The molecule has 3 heterocycles. The molecule has 1 atom stereocenters. The van der Waals surface area contributed by atoms with Gasteiger partial charge in [0.1, 0.15) is 11.0 Å². The van der Waals surface area contributed by atoms with Gasteiger partial charge in [0.15, 0.2) is 17.5 Å². The van der Waals surface area contributed by atoms with Crippen molar-refractivity contribution < 1.29 is 9.26 Å². The summed E-state index contributed by atoms with van der Waals surface area (Å²) in [5.74, 6) is 2.88. The molecule has 0 saturated carbocycles. The molecule has 7 nitrogen and oxygen atoms in total.